The zero-order valence-corrected chi connectivity index (χ0v) is 9.24. The summed E-state index contributed by atoms with van der Waals surface area (Å²) in [6.45, 7) is 1.93. The van der Waals surface area contributed by atoms with E-state index in [1.54, 1.807) is 18.5 Å². The van der Waals surface area contributed by atoms with E-state index in [1.165, 1.54) is 11.3 Å². The van der Waals surface area contributed by atoms with Crippen LogP contribution < -0.4 is 0 Å². The Morgan fingerprint density at radius 2 is 2.07 bits per heavy atom. The van der Waals surface area contributed by atoms with Crippen LogP contribution in [-0.2, 0) is 5.60 Å². The Hall–Kier alpha value is -1.26. The summed E-state index contributed by atoms with van der Waals surface area (Å²) in [4.78, 5) is 9.13. The second-order valence-corrected chi connectivity index (χ2v) is 4.21. The Balaban J connectivity index is 2.47. The fourth-order valence-electron chi connectivity index (χ4n) is 1.47. The molecule has 0 bridgehead atoms. The zero-order chi connectivity index (χ0) is 10.7. The van der Waals surface area contributed by atoms with E-state index >= 15 is 0 Å². The summed E-state index contributed by atoms with van der Waals surface area (Å²) in [5, 5.41) is 12.5. The van der Waals surface area contributed by atoms with Crippen LogP contribution in [0.5, 0.6) is 0 Å². The lowest BCUT2D eigenvalue weighted by molar-refractivity contribution is 0.0707. The number of nitrogens with zero attached hydrogens (tertiary/aromatic N) is 2. The first-order valence-electron chi connectivity index (χ1n) is 4.81. The smallest absolute Gasteiger partial charge is 0.165 e. The Morgan fingerprint density at radius 3 is 2.60 bits per heavy atom. The van der Waals surface area contributed by atoms with Crippen molar-refractivity contribution < 1.29 is 5.11 Å². The molecular weight excluding hydrogens is 208 g/mol. The summed E-state index contributed by atoms with van der Waals surface area (Å²) in [6, 6.07) is 5.57. The third-order valence-electron chi connectivity index (χ3n) is 2.38. The Bertz CT molecular complexity index is 415. The maximum atomic E-state index is 10.5. The van der Waals surface area contributed by atoms with Gasteiger partial charge in [-0.3, -0.25) is 0 Å². The maximum Gasteiger partial charge on any atom is 0.165 e. The summed E-state index contributed by atoms with van der Waals surface area (Å²) in [7, 11) is 0. The van der Waals surface area contributed by atoms with Crippen LogP contribution in [0.4, 0.5) is 0 Å². The van der Waals surface area contributed by atoms with Crippen molar-refractivity contribution in [3.05, 3.63) is 46.7 Å². The fraction of sp³-hybridized carbons (Fsp3) is 0.273. The Kier molecular flexibility index (Phi) is 2.79. The van der Waals surface area contributed by atoms with Crippen LogP contribution in [0, 0.1) is 0 Å². The van der Waals surface area contributed by atoms with Gasteiger partial charge in [0.1, 0.15) is 0 Å². The first kappa shape index (κ1) is 10.3. The first-order chi connectivity index (χ1) is 7.27. The number of hydrogen-bond donors (Lipinski definition) is 1. The van der Waals surface area contributed by atoms with Gasteiger partial charge in [-0.05, 0) is 23.9 Å². The molecule has 0 aliphatic carbocycles. The van der Waals surface area contributed by atoms with Crippen LogP contribution >= 0.6 is 11.3 Å². The maximum absolute atomic E-state index is 10.5. The zero-order valence-electron chi connectivity index (χ0n) is 8.42. The minimum absolute atomic E-state index is 0.468. The summed E-state index contributed by atoms with van der Waals surface area (Å²) >= 11 is 1.52. The van der Waals surface area contributed by atoms with Gasteiger partial charge in [0.25, 0.3) is 0 Å². The lowest BCUT2D eigenvalue weighted by Crippen LogP contribution is -2.27. The highest BCUT2D eigenvalue weighted by molar-refractivity contribution is 7.10. The van der Waals surface area contributed by atoms with Gasteiger partial charge >= 0.3 is 0 Å². The molecule has 0 spiro atoms. The third-order valence-corrected chi connectivity index (χ3v) is 3.40. The van der Waals surface area contributed by atoms with Crippen LogP contribution in [0.15, 0.2) is 36.0 Å². The molecule has 2 rings (SSSR count). The topological polar surface area (TPSA) is 46.0 Å². The fourth-order valence-corrected chi connectivity index (χ4v) is 2.36. The molecule has 0 aliphatic rings. The van der Waals surface area contributed by atoms with E-state index in [0.29, 0.717) is 12.2 Å². The predicted molar refractivity (Wildman–Crippen MR) is 59.6 cm³/mol. The molecule has 0 amide bonds. The summed E-state index contributed by atoms with van der Waals surface area (Å²) < 4.78 is 0. The Labute approximate surface area is 92.5 Å². The van der Waals surface area contributed by atoms with Crippen molar-refractivity contribution in [2.45, 2.75) is 18.9 Å². The summed E-state index contributed by atoms with van der Waals surface area (Å²) in [5.41, 5.74) is -1.05. The molecule has 0 saturated carbocycles. The van der Waals surface area contributed by atoms with Crippen LogP contribution in [0.3, 0.4) is 0 Å². The van der Waals surface area contributed by atoms with Gasteiger partial charge in [-0.2, -0.15) is 0 Å². The number of hydrogen-bond acceptors (Lipinski definition) is 4. The molecule has 4 heteroatoms. The average molecular weight is 220 g/mol. The lowest BCUT2D eigenvalue weighted by Gasteiger charge is -2.23. The molecule has 2 aromatic heterocycles. The normalized spacial score (nSPS) is 14.8. The SMILES string of the molecule is CCC(O)(c1ncccn1)c1cccs1. The van der Waals surface area contributed by atoms with Crippen molar-refractivity contribution in [1.29, 1.82) is 0 Å². The van der Waals surface area contributed by atoms with Crippen molar-refractivity contribution >= 4 is 11.3 Å². The van der Waals surface area contributed by atoms with Gasteiger partial charge in [0.15, 0.2) is 11.4 Å². The lowest BCUT2D eigenvalue weighted by atomic mass is 9.98. The number of aromatic nitrogens is 2. The average Bonchev–Trinajstić information content (AvgIpc) is 2.83. The molecule has 1 N–H and O–H groups in total. The molecule has 0 radical (unpaired) electrons. The number of rotatable bonds is 3. The first-order valence-corrected chi connectivity index (χ1v) is 5.69. The van der Waals surface area contributed by atoms with Gasteiger partial charge < -0.3 is 5.11 Å². The van der Waals surface area contributed by atoms with E-state index in [-0.39, 0.29) is 0 Å². The largest absolute Gasteiger partial charge is 0.376 e. The monoisotopic (exact) mass is 220 g/mol. The van der Waals surface area contributed by atoms with Crippen molar-refractivity contribution in [1.82, 2.24) is 9.97 Å². The van der Waals surface area contributed by atoms with Crippen LogP contribution in [-0.4, -0.2) is 15.1 Å². The van der Waals surface area contributed by atoms with Gasteiger partial charge in [0.05, 0.1) is 0 Å². The van der Waals surface area contributed by atoms with E-state index in [2.05, 4.69) is 9.97 Å². The van der Waals surface area contributed by atoms with Crippen molar-refractivity contribution in [2.24, 2.45) is 0 Å². The molecule has 1 atom stereocenters. The van der Waals surface area contributed by atoms with Crippen molar-refractivity contribution in [3.8, 4) is 0 Å². The molecule has 0 saturated heterocycles. The number of thiophene rings is 1. The van der Waals surface area contributed by atoms with Crippen molar-refractivity contribution in [2.75, 3.05) is 0 Å². The van der Waals surface area contributed by atoms with E-state index in [9.17, 15) is 5.11 Å². The molecule has 3 nitrogen and oxygen atoms in total. The van der Waals surface area contributed by atoms with Crippen LogP contribution in [0.2, 0.25) is 0 Å². The van der Waals surface area contributed by atoms with Gasteiger partial charge in [0, 0.05) is 17.3 Å². The standard InChI is InChI=1S/C11H12N2OS/c1-2-11(14,9-5-3-8-15-9)10-12-6-4-7-13-10/h3-8,14H,2H2,1H3. The molecule has 1 unspecified atom stereocenters. The number of aliphatic hydroxyl groups is 1. The van der Waals surface area contributed by atoms with Crippen LogP contribution in [0.25, 0.3) is 0 Å². The molecule has 2 aromatic rings. The van der Waals surface area contributed by atoms with Gasteiger partial charge in [-0.1, -0.05) is 13.0 Å². The minimum Gasteiger partial charge on any atom is -0.376 e. The summed E-state index contributed by atoms with van der Waals surface area (Å²) in [6.07, 6.45) is 3.87. The van der Waals surface area contributed by atoms with Gasteiger partial charge in [-0.15, -0.1) is 11.3 Å². The second kappa shape index (κ2) is 4.08. The third kappa shape index (κ3) is 1.78. The van der Waals surface area contributed by atoms with E-state index in [0.717, 1.165) is 4.88 Å². The van der Waals surface area contributed by atoms with E-state index < -0.39 is 5.60 Å². The molecule has 0 aromatic carbocycles. The summed E-state index contributed by atoms with van der Waals surface area (Å²) in [5.74, 6) is 0.468. The highest BCUT2D eigenvalue weighted by Crippen LogP contribution is 2.33. The Morgan fingerprint density at radius 1 is 1.33 bits per heavy atom. The van der Waals surface area contributed by atoms with Gasteiger partial charge in [0.2, 0.25) is 0 Å². The second-order valence-electron chi connectivity index (χ2n) is 3.26. The molecular formula is C11H12N2OS. The molecule has 0 aliphatic heterocycles. The van der Waals surface area contributed by atoms with Crippen LogP contribution in [0.1, 0.15) is 24.0 Å². The predicted octanol–water partition coefficient (Wildman–Crippen LogP) is 2.18. The molecule has 2 heterocycles. The van der Waals surface area contributed by atoms with E-state index in [4.69, 9.17) is 0 Å². The molecule has 78 valence electrons. The van der Waals surface area contributed by atoms with Gasteiger partial charge in [-0.25, -0.2) is 9.97 Å². The minimum atomic E-state index is -1.05. The van der Waals surface area contributed by atoms with E-state index in [1.807, 2.05) is 24.4 Å². The highest BCUT2D eigenvalue weighted by atomic mass is 32.1. The quantitative estimate of drug-likeness (QED) is 0.862. The highest BCUT2D eigenvalue weighted by Gasteiger charge is 2.33. The molecule has 15 heavy (non-hydrogen) atoms. The van der Waals surface area contributed by atoms with Crippen molar-refractivity contribution in [3.63, 3.8) is 0 Å². The molecule has 0 fully saturated rings.